The Morgan fingerprint density at radius 3 is 1.21 bits per heavy atom. The largest absolute Gasteiger partial charge is 0.0622 e. The van der Waals surface area contributed by atoms with Crippen molar-refractivity contribution in [2.45, 2.75) is 0 Å². The van der Waals surface area contributed by atoms with Gasteiger partial charge in [-0.15, -0.1) is 0 Å². The highest BCUT2D eigenvalue weighted by Crippen LogP contribution is 2.45. The van der Waals surface area contributed by atoms with Crippen molar-refractivity contribution < 1.29 is 0 Å². The van der Waals surface area contributed by atoms with E-state index in [1.807, 2.05) is 0 Å². The van der Waals surface area contributed by atoms with Crippen LogP contribution in [0.3, 0.4) is 0 Å². The van der Waals surface area contributed by atoms with E-state index in [0.717, 1.165) is 0 Å². The van der Waals surface area contributed by atoms with Crippen LogP contribution in [0.15, 0.2) is 194 Å². The summed E-state index contributed by atoms with van der Waals surface area (Å²) in [5.74, 6) is 0. The lowest BCUT2D eigenvalue weighted by molar-refractivity contribution is 1.59. The molecule has 0 N–H and O–H groups in total. The van der Waals surface area contributed by atoms with Crippen molar-refractivity contribution in [1.82, 2.24) is 0 Å². The summed E-state index contributed by atoms with van der Waals surface area (Å²) in [7, 11) is 0. The zero-order valence-corrected chi connectivity index (χ0v) is 26.5. The summed E-state index contributed by atoms with van der Waals surface area (Å²) in [5.41, 5.74) is 12.4. The highest BCUT2D eigenvalue weighted by molar-refractivity contribution is 6.22. The molecular weight excluding hydrogens is 577 g/mol. The van der Waals surface area contributed by atoms with E-state index in [9.17, 15) is 0 Å². The van der Waals surface area contributed by atoms with E-state index >= 15 is 0 Å². The molecule has 0 aliphatic carbocycles. The molecule has 0 radical (unpaired) electrons. The Bertz CT molecular complexity index is 2520. The lowest BCUT2D eigenvalue weighted by atomic mass is 9.84. The van der Waals surface area contributed by atoms with Crippen molar-refractivity contribution in [2.24, 2.45) is 0 Å². The van der Waals surface area contributed by atoms with Crippen molar-refractivity contribution in [3.05, 3.63) is 194 Å². The first-order chi connectivity index (χ1) is 23.8. The number of hydrogen-bond acceptors (Lipinski definition) is 0. The van der Waals surface area contributed by atoms with Gasteiger partial charge in [0.2, 0.25) is 0 Å². The van der Waals surface area contributed by atoms with Gasteiger partial charge in [-0.25, -0.2) is 0 Å². The lowest BCUT2D eigenvalue weighted by Crippen LogP contribution is -1.92. The van der Waals surface area contributed by atoms with Gasteiger partial charge in [0.15, 0.2) is 0 Å². The fourth-order valence-electron chi connectivity index (χ4n) is 7.48. The maximum Gasteiger partial charge on any atom is -0.00261 e. The van der Waals surface area contributed by atoms with Crippen molar-refractivity contribution in [3.8, 4) is 55.6 Å². The topological polar surface area (TPSA) is 0 Å². The molecule has 0 fully saturated rings. The Morgan fingerprint density at radius 1 is 0.188 bits per heavy atom. The summed E-state index contributed by atoms with van der Waals surface area (Å²) in [6.07, 6.45) is 0. The third-order valence-corrected chi connectivity index (χ3v) is 9.66. The summed E-state index contributed by atoms with van der Waals surface area (Å²) >= 11 is 0. The van der Waals surface area contributed by atoms with Crippen LogP contribution in [-0.2, 0) is 0 Å². The molecule has 48 heavy (non-hydrogen) atoms. The molecular formula is C48H32. The Hall–Kier alpha value is -6.24. The zero-order chi connectivity index (χ0) is 31.9. The van der Waals surface area contributed by atoms with Crippen LogP contribution in [0, 0.1) is 0 Å². The Kier molecular flexibility index (Phi) is 6.91. The standard InChI is InChI=1S/C48H32/c1-4-15-33(16-5-1)36-21-14-22-37(31-36)40-30-29-39(34-17-6-2-7-18-34)46-32-38(27-28-41(40)46)48-44-25-12-10-23-42(44)47(35-19-8-3-9-20-35)43-24-11-13-26-45(43)48/h1-32H. The van der Waals surface area contributed by atoms with Gasteiger partial charge in [-0.1, -0.05) is 182 Å². The SMILES string of the molecule is c1ccc(-c2cccc(-c3ccc(-c4ccccc4)c4cc(-c5c6ccccc6c(-c6ccccc6)c6ccccc56)ccc34)c2)cc1. The Morgan fingerprint density at radius 2 is 0.625 bits per heavy atom. The fraction of sp³-hybridized carbons (Fsp3) is 0. The normalized spacial score (nSPS) is 11.3. The van der Waals surface area contributed by atoms with E-state index in [2.05, 4.69) is 194 Å². The third kappa shape index (κ3) is 4.78. The molecule has 224 valence electrons. The summed E-state index contributed by atoms with van der Waals surface area (Å²) < 4.78 is 0. The van der Waals surface area contributed by atoms with Crippen LogP contribution in [0.5, 0.6) is 0 Å². The average Bonchev–Trinajstić information content (AvgIpc) is 3.17. The molecule has 0 atom stereocenters. The quantitative estimate of drug-likeness (QED) is 0.171. The predicted octanol–water partition coefficient (Wildman–Crippen LogP) is 13.5. The van der Waals surface area contributed by atoms with Crippen LogP contribution < -0.4 is 0 Å². The summed E-state index contributed by atoms with van der Waals surface area (Å²) in [4.78, 5) is 0. The minimum Gasteiger partial charge on any atom is -0.0622 e. The fourth-order valence-corrected chi connectivity index (χ4v) is 7.48. The Labute approximate surface area is 281 Å². The summed E-state index contributed by atoms with van der Waals surface area (Å²) in [6, 6.07) is 70.7. The second-order valence-corrected chi connectivity index (χ2v) is 12.4. The average molecular weight is 609 g/mol. The maximum atomic E-state index is 2.43. The second-order valence-electron chi connectivity index (χ2n) is 12.4. The van der Waals surface area contributed by atoms with Gasteiger partial charge >= 0.3 is 0 Å². The summed E-state index contributed by atoms with van der Waals surface area (Å²) in [6.45, 7) is 0. The van der Waals surface area contributed by atoms with Gasteiger partial charge < -0.3 is 0 Å². The van der Waals surface area contributed by atoms with E-state index in [0.29, 0.717) is 0 Å². The van der Waals surface area contributed by atoms with Crippen LogP contribution in [0.2, 0.25) is 0 Å². The van der Waals surface area contributed by atoms with E-state index in [4.69, 9.17) is 0 Å². The van der Waals surface area contributed by atoms with Gasteiger partial charge in [0.25, 0.3) is 0 Å². The highest BCUT2D eigenvalue weighted by Gasteiger charge is 2.18. The predicted molar refractivity (Wildman–Crippen MR) is 206 cm³/mol. The van der Waals surface area contributed by atoms with Crippen molar-refractivity contribution in [3.63, 3.8) is 0 Å². The van der Waals surface area contributed by atoms with E-state index in [1.165, 1.54) is 88.0 Å². The zero-order valence-electron chi connectivity index (χ0n) is 26.5. The molecule has 0 aliphatic heterocycles. The van der Waals surface area contributed by atoms with Gasteiger partial charge in [0.05, 0.1) is 0 Å². The molecule has 9 rings (SSSR count). The molecule has 9 aromatic rings. The Balaban J connectivity index is 1.32. The van der Waals surface area contributed by atoms with Crippen LogP contribution in [0.4, 0.5) is 0 Å². The minimum atomic E-state index is 1.22. The highest BCUT2D eigenvalue weighted by atomic mass is 14.2. The van der Waals surface area contributed by atoms with Gasteiger partial charge in [-0.05, 0) is 100 Å². The van der Waals surface area contributed by atoms with Crippen molar-refractivity contribution in [1.29, 1.82) is 0 Å². The number of fused-ring (bicyclic) bond motifs is 3. The molecule has 0 spiro atoms. The van der Waals surface area contributed by atoms with Crippen LogP contribution in [-0.4, -0.2) is 0 Å². The van der Waals surface area contributed by atoms with Crippen LogP contribution in [0.25, 0.3) is 88.0 Å². The van der Waals surface area contributed by atoms with Gasteiger partial charge in [0, 0.05) is 0 Å². The molecule has 0 amide bonds. The third-order valence-electron chi connectivity index (χ3n) is 9.66. The molecule has 9 aromatic carbocycles. The molecule has 0 nitrogen and oxygen atoms in total. The van der Waals surface area contributed by atoms with E-state index < -0.39 is 0 Å². The van der Waals surface area contributed by atoms with Crippen LogP contribution in [0.1, 0.15) is 0 Å². The molecule has 0 aliphatic rings. The van der Waals surface area contributed by atoms with Crippen molar-refractivity contribution >= 4 is 32.3 Å². The molecule has 0 heterocycles. The number of benzene rings is 9. The lowest BCUT2D eigenvalue weighted by Gasteiger charge is -2.19. The molecule has 0 saturated heterocycles. The molecule has 0 heteroatoms. The monoisotopic (exact) mass is 608 g/mol. The molecule has 0 aromatic heterocycles. The second kappa shape index (κ2) is 11.8. The number of hydrogen-bond donors (Lipinski definition) is 0. The van der Waals surface area contributed by atoms with Crippen molar-refractivity contribution in [2.75, 3.05) is 0 Å². The first-order valence-electron chi connectivity index (χ1n) is 16.6. The first kappa shape index (κ1) is 28.0. The van der Waals surface area contributed by atoms with Crippen LogP contribution >= 0.6 is 0 Å². The molecule has 0 unspecified atom stereocenters. The number of rotatable bonds is 5. The smallest absolute Gasteiger partial charge is 0.00261 e. The summed E-state index contributed by atoms with van der Waals surface area (Å²) in [5, 5.41) is 7.57. The molecule has 0 bridgehead atoms. The van der Waals surface area contributed by atoms with Gasteiger partial charge in [-0.2, -0.15) is 0 Å². The molecule has 0 saturated carbocycles. The van der Waals surface area contributed by atoms with Gasteiger partial charge in [-0.3, -0.25) is 0 Å². The van der Waals surface area contributed by atoms with Gasteiger partial charge in [0.1, 0.15) is 0 Å². The maximum absolute atomic E-state index is 2.43. The minimum absolute atomic E-state index is 1.22. The first-order valence-corrected chi connectivity index (χ1v) is 16.6. The van der Waals surface area contributed by atoms with E-state index in [-0.39, 0.29) is 0 Å². The van der Waals surface area contributed by atoms with E-state index in [1.54, 1.807) is 0 Å².